The summed E-state index contributed by atoms with van der Waals surface area (Å²) in [6.07, 6.45) is 1.44. The molecule has 9 heteroatoms. The Balaban J connectivity index is 1.77. The van der Waals surface area contributed by atoms with Gasteiger partial charge in [-0.25, -0.2) is 0 Å². The van der Waals surface area contributed by atoms with Gasteiger partial charge in [0.05, 0.1) is 11.1 Å². The lowest BCUT2D eigenvalue weighted by molar-refractivity contribution is -0.118. The lowest BCUT2D eigenvalue weighted by Gasteiger charge is -2.15. The van der Waals surface area contributed by atoms with Crippen molar-refractivity contribution in [3.05, 3.63) is 86.4 Å². The number of nitrogens with zero attached hydrogens (tertiary/aromatic N) is 1. The number of anilines is 2. The Hall–Kier alpha value is -3.80. The van der Waals surface area contributed by atoms with E-state index in [2.05, 4.69) is 26.6 Å². The van der Waals surface area contributed by atoms with E-state index >= 15 is 0 Å². The monoisotopic (exact) mass is 581 g/mol. The Morgan fingerprint density at radius 3 is 2.49 bits per heavy atom. The SMILES string of the molecule is CCOc1cc(/C=C(/C#N)C(=O)Nc2ccc(Cl)cc2)cc(Br)c1OCC(=O)Nc1cccc(C)c1C. The van der Waals surface area contributed by atoms with E-state index in [9.17, 15) is 14.9 Å². The molecule has 0 aliphatic carbocycles. The van der Waals surface area contributed by atoms with Crippen LogP contribution in [0.15, 0.2) is 64.6 Å². The fourth-order valence-corrected chi connectivity index (χ4v) is 4.03. The van der Waals surface area contributed by atoms with Crippen molar-refractivity contribution in [1.82, 2.24) is 0 Å². The van der Waals surface area contributed by atoms with Crippen LogP contribution in [-0.4, -0.2) is 25.0 Å². The first-order valence-electron chi connectivity index (χ1n) is 11.4. The number of aryl methyl sites for hydroxylation is 1. The number of halogens is 2. The van der Waals surface area contributed by atoms with E-state index in [1.807, 2.05) is 45.0 Å². The maximum Gasteiger partial charge on any atom is 0.266 e. The first-order chi connectivity index (χ1) is 17.7. The molecule has 0 heterocycles. The van der Waals surface area contributed by atoms with Crippen LogP contribution in [0.1, 0.15) is 23.6 Å². The zero-order chi connectivity index (χ0) is 26.9. The standard InChI is InChI=1S/C28H25BrClN3O4/c1-4-36-25-14-19(12-20(15-31)28(35)32-22-10-8-21(30)9-11-22)13-23(29)27(25)37-16-26(34)33-24-7-5-6-17(2)18(24)3/h5-14H,4,16H2,1-3H3,(H,32,35)(H,33,34)/b20-12-. The fraction of sp³-hybridized carbons (Fsp3) is 0.179. The lowest BCUT2D eigenvalue weighted by Crippen LogP contribution is -2.21. The van der Waals surface area contributed by atoms with E-state index in [-0.39, 0.29) is 18.1 Å². The minimum Gasteiger partial charge on any atom is -0.490 e. The number of carbonyl (C=O) groups is 2. The van der Waals surface area contributed by atoms with Crippen LogP contribution in [0.2, 0.25) is 5.02 Å². The van der Waals surface area contributed by atoms with Gasteiger partial charge in [-0.3, -0.25) is 9.59 Å². The summed E-state index contributed by atoms with van der Waals surface area (Å²) < 4.78 is 12.0. The number of ether oxygens (including phenoxy) is 2. The van der Waals surface area contributed by atoms with Crippen LogP contribution < -0.4 is 20.1 Å². The van der Waals surface area contributed by atoms with Gasteiger partial charge in [-0.05, 0) is 102 Å². The Morgan fingerprint density at radius 1 is 1.08 bits per heavy atom. The predicted molar refractivity (Wildman–Crippen MR) is 149 cm³/mol. The topological polar surface area (TPSA) is 100 Å². The molecule has 3 aromatic carbocycles. The fourth-order valence-electron chi connectivity index (χ4n) is 3.33. The van der Waals surface area contributed by atoms with E-state index in [4.69, 9.17) is 21.1 Å². The van der Waals surface area contributed by atoms with Crippen molar-refractivity contribution >= 4 is 56.8 Å². The average molecular weight is 583 g/mol. The predicted octanol–water partition coefficient (Wildman–Crippen LogP) is 6.68. The summed E-state index contributed by atoms with van der Waals surface area (Å²) in [7, 11) is 0. The van der Waals surface area contributed by atoms with Crippen molar-refractivity contribution in [1.29, 1.82) is 5.26 Å². The number of rotatable bonds is 9. The van der Waals surface area contributed by atoms with Crippen LogP contribution >= 0.6 is 27.5 Å². The van der Waals surface area contributed by atoms with Crippen LogP contribution in [0.5, 0.6) is 11.5 Å². The second-order valence-electron chi connectivity index (χ2n) is 7.98. The number of amides is 2. The summed E-state index contributed by atoms with van der Waals surface area (Å²) in [6, 6.07) is 17.5. The third-order valence-electron chi connectivity index (χ3n) is 5.34. The number of carbonyl (C=O) groups excluding carboxylic acids is 2. The summed E-state index contributed by atoms with van der Waals surface area (Å²) in [5.74, 6) is -0.197. The highest BCUT2D eigenvalue weighted by molar-refractivity contribution is 9.10. The van der Waals surface area contributed by atoms with Crippen molar-refractivity contribution in [3.63, 3.8) is 0 Å². The Kier molecular flexibility index (Phi) is 9.72. The molecule has 2 amide bonds. The average Bonchev–Trinajstić information content (AvgIpc) is 2.86. The van der Waals surface area contributed by atoms with Gasteiger partial charge in [0.1, 0.15) is 11.6 Å². The minimum atomic E-state index is -0.567. The summed E-state index contributed by atoms with van der Waals surface area (Å²) in [5, 5.41) is 15.6. The normalized spacial score (nSPS) is 10.9. The van der Waals surface area contributed by atoms with Gasteiger partial charge in [-0.1, -0.05) is 23.7 Å². The molecule has 37 heavy (non-hydrogen) atoms. The van der Waals surface area contributed by atoms with Crippen molar-refractivity contribution in [2.45, 2.75) is 20.8 Å². The molecule has 0 atom stereocenters. The largest absolute Gasteiger partial charge is 0.490 e. The maximum atomic E-state index is 12.6. The second kappa shape index (κ2) is 12.9. The summed E-state index contributed by atoms with van der Waals surface area (Å²) in [6.45, 7) is 5.82. The number of nitrogens with one attached hydrogen (secondary N) is 2. The first-order valence-corrected chi connectivity index (χ1v) is 12.5. The third-order valence-corrected chi connectivity index (χ3v) is 6.18. The summed E-state index contributed by atoms with van der Waals surface area (Å²) in [4.78, 5) is 25.2. The van der Waals surface area contributed by atoms with Crippen molar-refractivity contribution in [3.8, 4) is 17.6 Å². The number of benzene rings is 3. The molecular formula is C28H25BrClN3O4. The lowest BCUT2D eigenvalue weighted by atomic mass is 10.1. The maximum absolute atomic E-state index is 12.6. The molecule has 0 aromatic heterocycles. The van der Waals surface area contributed by atoms with Gasteiger partial charge in [0.2, 0.25) is 0 Å². The van der Waals surface area contributed by atoms with Gasteiger partial charge in [0, 0.05) is 16.4 Å². The molecule has 3 aromatic rings. The molecule has 7 nitrogen and oxygen atoms in total. The molecular weight excluding hydrogens is 558 g/mol. The Morgan fingerprint density at radius 2 is 1.81 bits per heavy atom. The first kappa shape index (κ1) is 27.8. The highest BCUT2D eigenvalue weighted by Crippen LogP contribution is 2.37. The molecule has 0 spiro atoms. The van der Waals surface area contributed by atoms with Crippen LogP contribution in [0.25, 0.3) is 6.08 Å². The molecule has 0 radical (unpaired) electrons. The van der Waals surface area contributed by atoms with E-state index in [1.165, 1.54) is 6.08 Å². The van der Waals surface area contributed by atoms with Gasteiger partial charge >= 0.3 is 0 Å². The van der Waals surface area contributed by atoms with Crippen LogP contribution in [-0.2, 0) is 9.59 Å². The third kappa shape index (κ3) is 7.59. The molecule has 2 N–H and O–H groups in total. The van der Waals surface area contributed by atoms with Crippen LogP contribution in [0, 0.1) is 25.2 Å². The zero-order valence-corrected chi connectivity index (χ0v) is 22.9. The van der Waals surface area contributed by atoms with Gasteiger partial charge in [0.25, 0.3) is 11.8 Å². The van der Waals surface area contributed by atoms with E-state index < -0.39 is 5.91 Å². The number of nitriles is 1. The quantitative estimate of drug-likeness (QED) is 0.216. The van der Waals surface area contributed by atoms with E-state index in [1.54, 1.807) is 36.4 Å². The van der Waals surface area contributed by atoms with Gasteiger partial charge in [0.15, 0.2) is 18.1 Å². The smallest absolute Gasteiger partial charge is 0.266 e. The molecule has 190 valence electrons. The number of hydrogen-bond donors (Lipinski definition) is 2. The number of hydrogen-bond acceptors (Lipinski definition) is 5. The van der Waals surface area contributed by atoms with Crippen molar-refractivity contribution < 1.29 is 19.1 Å². The zero-order valence-electron chi connectivity index (χ0n) is 20.5. The molecule has 0 saturated heterocycles. The van der Waals surface area contributed by atoms with Crippen molar-refractivity contribution in [2.75, 3.05) is 23.8 Å². The summed E-state index contributed by atoms with van der Waals surface area (Å²) in [5.41, 5.74) is 3.71. The molecule has 0 unspecified atom stereocenters. The van der Waals surface area contributed by atoms with E-state index in [0.717, 1.165) is 16.8 Å². The van der Waals surface area contributed by atoms with Gasteiger partial charge in [-0.2, -0.15) is 5.26 Å². The van der Waals surface area contributed by atoms with E-state index in [0.29, 0.717) is 38.9 Å². The molecule has 0 saturated carbocycles. The van der Waals surface area contributed by atoms with Gasteiger partial charge < -0.3 is 20.1 Å². The minimum absolute atomic E-state index is 0.106. The highest BCUT2D eigenvalue weighted by Gasteiger charge is 2.16. The molecule has 3 rings (SSSR count). The molecule has 0 bridgehead atoms. The van der Waals surface area contributed by atoms with Gasteiger partial charge in [-0.15, -0.1) is 0 Å². The Bertz CT molecular complexity index is 1380. The molecule has 0 aliphatic rings. The Labute approximate surface area is 229 Å². The highest BCUT2D eigenvalue weighted by atomic mass is 79.9. The second-order valence-corrected chi connectivity index (χ2v) is 9.27. The molecule has 0 fully saturated rings. The van der Waals surface area contributed by atoms with Crippen LogP contribution in [0.3, 0.4) is 0 Å². The summed E-state index contributed by atoms with van der Waals surface area (Å²) >= 11 is 9.33. The van der Waals surface area contributed by atoms with Crippen LogP contribution in [0.4, 0.5) is 11.4 Å². The molecule has 0 aliphatic heterocycles. The van der Waals surface area contributed by atoms with Crippen molar-refractivity contribution in [2.24, 2.45) is 0 Å².